The van der Waals surface area contributed by atoms with Crippen LogP contribution in [0.2, 0.25) is 0 Å². The predicted octanol–water partition coefficient (Wildman–Crippen LogP) is -0.414. The van der Waals surface area contributed by atoms with Gasteiger partial charge < -0.3 is 62.5 Å². The first-order chi connectivity index (χ1) is 37.6. The summed E-state index contributed by atoms with van der Waals surface area (Å²) in [7, 11) is 0. The van der Waals surface area contributed by atoms with Crippen molar-refractivity contribution in [3.05, 3.63) is 0 Å². The number of carboxylic acid groups (broad SMARTS) is 6. The SMILES string of the molecule is O=C(O)CC[C@H](NC(=O)N[C@@H](CCCCNC(=O)C1CCC(CNC(=O)C2CCC(CNC(=O)C3CCC(CNC(=O)CN4CCN(CC(=O)O)CCN(CC(=O)O)CCN(CC(=O)O)CC4)CC3)CC2)CC1)C(=O)O)C(=O)O. The Morgan fingerprint density at radius 2 is 0.709 bits per heavy atom. The zero-order valence-corrected chi connectivity index (χ0v) is 45.4. The highest BCUT2D eigenvalue weighted by atomic mass is 16.4. The number of amides is 6. The zero-order chi connectivity index (χ0) is 57.9. The van der Waals surface area contributed by atoms with Crippen molar-refractivity contribution in [3.8, 4) is 0 Å². The number of carbonyl (C=O) groups excluding carboxylic acids is 5. The van der Waals surface area contributed by atoms with Crippen LogP contribution in [0.3, 0.4) is 0 Å². The molecule has 4 rings (SSSR count). The molecule has 3 saturated carbocycles. The van der Waals surface area contributed by atoms with E-state index in [-0.39, 0.29) is 124 Å². The van der Waals surface area contributed by atoms with Gasteiger partial charge in [0.2, 0.25) is 23.6 Å². The lowest BCUT2D eigenvalue weighted by Gasteiger charge is -2.33. The maximum atomic E-state index is 13.2. The van der Waals surface area contributed by atoms with Crippen LogP contribution in [0.5, 0.6) is 0 Å². The third-order valence-corrected chi connectivity index (χ3v) is 15.8. The molecule has 4 fully saturated rings. The van der Waals surface area contributed by atoms with Gasteiger partial charge in [-0.05, 0) is 120 Å². The van der Waals surface area contributed by atoms with E-state index in [4.69, 9.17) is 5.11 Å². The van der Waals surface area contributed by atoms with Gasteiger partial charge in [0.1, 0.15) is 12.1 Å². The molecular formula is C52H86N10O17. The average molecular weight is 1120 g/mol. The Balaban J connectivity index is 1.05. The second-order valence-corrected chi connectivity index (χ2v) is 21.9. The van der Waals surface area contributed by atoms with E-state index in [2.05, 4.69) is 31.9 Å². The molecule has 0 aromatic heterocycles. The number of nitrogens with zero attached hydrogens (tertiary/aromatic N) is 4. The fraction of sp³-hybridized carbons (Fsp3) is 0.788. The van der Waals surface area contributed by atoms with Gasteiger partial charge in [-0.25, -0.2) is 14.4 Å². The Morgan fingerprint density at radius 1 is 0.380 bits per heavy atom. The summed E-state index contributed by atoms with van der Waals surface area (Å²) in [5, 5.41) is 72.5. The molecule has 27 nitrogen and oxygen atoms in total. The Kier molecular flexibility index (Phi) is 28.7. The first kappa shape index (κ1) is 65.3. The van der Waals surface area contributed by atoms with Gasteiger partial charge in [-0.1, -0.05) is 0 Å². The van der Waals surface area contributed by atoms with E-state index in [9.17, 15) is 78.3 Å². The van der Waals surface area contributed by atoms with Gasteiger partial charge in [0.25, 0.3) is 0 Å². The van der Waals surface area contributed by atoms with Crippen molar-refractivity contribution in [2.75, 3.05) is 105 Å². The molecule has 3 aliphatic carbocycles. The van der Waals surface area contributed by atoms with E-state index >= 15 is 0 Å². The van der Waals surface area contributed by atoms with Crippen molar-refractivity contribution < 1.29 is 83.4 Å². The van der Waals surface area contributed by atoms with Crippen molar-refractivity contribution in [2.24, 2.45) is 35.5 Å². The summed E-state index contributed by atoms with van der Waals surface area (Å²) in [5.74, 6) is -6.97. The van der Waals surface area contributed by atoms with Crippen LogP contribution in [-0.4, -0.2) is 233 Å². The van der Waals surface area contributed by atoms with Crippen LogP contribution in [0.4, 0.5) is 4.79 Å². The lowest BCUT2D eigenvalue weighted by molar-refractivity contribution is -0.141. The minimum Gasteiger partial charge on any atom is -0.481 e. The number of unbranched alkanes of at least 4 members (excludes halogenated alkanes) is 1. The number of hydrogen-bond acceptors (Lipinski definition) is 15. The van der Waals surface area contributed by atoms with Gasteiger partial charge in [0.05, 0.1) is 26.2 Å². The van der Waals surface area contributed by atoms with E-state index in [0.29, 0.717) is 90.9 Å². The summed E-state index contributed by atoms with van der Waals surface area (Å²) in [6.07, 6.45) is 8.96. The lowest BCUT2D eigenvalue weighted by Crippen LogP contribution is -2.51. The predicted molar refractivity (Wildman–Crippen MR) is 282 cm³/mol. The fourth-order valence-corrected chi connectivity index (χ4v) is 10.9. The molecule has 0 aromatic rings. The third-order valence-electron chi connectivity index (χ3n) is 15.8. The van der Waals surface area contributed by atoms with Crippen LogP contribution in [-0.2, 0) is 47.9 Å². The van der Waals surface area contributed by atoms with Crippen molar-refractivity contribution >= 4 is 65.5 Å². The van der Waals surface area contributed by atoms with Gasteiger partial charge in [0.15, 0.2) is 0 Å². The molecule has 446 valence electrons. The summed E-state index contributed by atoms with van der Waals surface area (Å²) in [4.78, 5) is 140. The zero-order valence-electron chi connectivity index (χ0n) is 45.4. The number of aliphatic carboxylic acids is 6. The Morgan fingerprint density at radius 3 is 1.05 bits per heavy atom. The van der Waals surface area contributed by atoms with Gasteiger partial charge in [0, 0.05) is 103 Å². The molecule has 0 aromatic carbocycles. The van der Waals surface area contributed by atoms with E-state index in [1.165, 1.54) is 0 Å². The molecule has 1 heterocycles. The molecule has 79 heavy (non-hydrogen) atoms. The van der Waals surface area contributed by atoms with E-state index < -0.39 is 60.4 Å². The van der Waals surface area contributed by atoms with Crippen LogP contribution >= 0.6 is 0 Å². The summed E-state index contributed by atoms with van der Waals surface area (Å²) in [5.41, 5.74) is 0. The van der Waals surface area contributed by atoms with E-state index in [1.54, 1.807) is 14.7 Å². The number of carbonyl (C=O) groups is 11. The molecule has 0 spiro atoms. The molecule has 2 atom stereocenters. The van der Waals surface area contributed by atoms with Gasteiger partial charge >= 0.3 is 41.8 Å². The second-order valence-electron chi connectivity index (χ2n) is 21.9. The average Bonchev–Trinajstić information content (AvgIpc) is 3.40. The number of rotatable bonds is 29. The largest absolute Gasteiger partial charge is 0.481 e. The minimum absolute atomic E-state index is 0.0238. The van der Waals surface area contributed by atoms with Gasteiger partial charge in [-0.2, -0.15) is 0 Å². The standard InChI is InChI=1S/C52H86N10O17/c63-42(30-59-19-21-60(31-44(66)67)23-25-62(33-46(70)71)26-24-61(22-20-59)32-45(68)69)54-27-34-4-12-38(13-5-34)48(73)56-29-36-8-14-39(15-9-36)49(74)55-28-35-6-10-37(11-7-35)47(72)53-18-2-1-3-40(50(75)76)57-52(79)58-41(51(77)78)16-17-43(64)65/h34-41H,1-33H2,(H,53,72)(H,54,63)(H,55,74)(H,56,73)(H,64,65)(H,66,67)(H,68,69)(H,70,71)(H,75,76)(H,77,78)(H2,57,58,79)/t34?,35?,36?,37?,38?,39?,40-,41-/m0/s1. The van der Waals surface area contributed by atoms with Crippen LogP contribution in [0.15, 0.2) is 0 Å². The fourth-order valence-electron chi connectivity index (χ4n) is 10.9. The molecule has 1 aliphatic heterocycles. The van der Waals surface area contributed by atoms with Crippen LogP contribution in [0, 0.1) is 35.5 Å². The monoisotopic (exact) mass is 1120 g/mol. The number of nitrogens with one attached hydrogen (secondary N) is 6. The molecule has 0 radical (unpaired) electrons. The van der Waals surface area contributed by atoms with Crippen molar-refractivity contribution in [1.29, 1.82) is 0 Å². The first-order valence-corrected chi connectivity index (χ1v) is 28.0. The van der Waals surface area contributed by atoms with Crippen LogP contribution in [0.1, 0.15) is 109 Å². The Hall–Kier alpha value is -6.19. The Labute approximate surface area is 460 Å². The maximum absolute atomic E-state index is 13.2. The molecule has 4 aliphatic rings. The summed E-state index contributed by atoms with van der Waals surface area (Å²) < 4.78 is 0. The van der Waals surface area contributed by atoms with E-state index in [0.717, 1.165) is 51.4 Å². The van der Waals surface area contributed by atoms with Crippen LogP contribution < -0.4 is 31.9 Å². The highest BCUT2D eigenvalue weighted by molar-refractivity contribution is 5.86. The minimum atomic E-state index is -1.50. The summed E-state index contributed by atoms with van der Waals surface area (Å²) >= 11 is 0. The second kappa shape index (κ2) is 34.7. The molecule has 12 N–H and O–H groups in total. The normalized spacial score (nSPS) is 23.9. The Bertz CT molecular complexity index is 2010. The maximum Gasteiger partial charge on any atom is 0.326 e. The highest BCUT2D eigenvalue weighted by Crippen LogP contribution is 2.32. The topological polar surface area (TPSA) is 394 Å². The van der Waals surface area contributed by atoms with Gasteiger partial charge in [-0.15, -0.1) is 0 Å². The third kappa shape index (κ3) is 26.1. The van der Waals surface area contributed by atoms with Crippen molar-refractivity contribution in [1.82, 2.24) is 51.5 Å². The van der Waals surface area contributed by atoms with Gasteiger partial charge in [-0.3, -0.25) is 58.0 Å². The number of hydrogen-bond donors (Lipinski definition) is 12. The van der Waals surface area contributed by atoms with Crippen molar-refractivity contribution in [2.45, 2.75) is 121 Å². The number of urea groups is 1. The van der Waals surface area contributed by atoms with E-state index in [1.807, 2.05) is 4.90 Å². The molecular weight excluding hydrogens is 1040 g/mol. The number of carboxylic acids is 6. The van der Waals surface area contributed by atoms with Crippen LogP contribution in [0.25, 0.3) is 0 Å². The molecule has 0 bridgehead atoms. The quantitative estimate of drug-likeness (QED) is 0.0424. The first-order valence-electron chi connectivity index (χ1n) is 28.0. The van der Waals surface area contributed by atoms with Crippen molar-refractivity contribution in [3.63, 3.8) is 0 Å². The molecule has 27 heteroatoms. The summed E-state index contributed by atoms with van der Waals surface area (Å²) in [6, 6.07) is -3.87. The molecule has 6 amide bonds. The summed E-state index contributed by atoms with van der Waals surface area (Å²) in [6.45, 7) is 3.60. The molecule has 0 unspecified atom stereocenters. The highest BCUT2D eigenvalue weighted by Gasteiger charge is 2.32. The lowest BCUT2D eigenvalue weighted by atomic mass is 9.80. The molecule has 1 saturated heterocycles. The smallest absolute Gasteiger partial charge is 0.326 e.